The number of thiazole rings is 1. The Balaban J connectivity index is 1.80. The van der Waals surface area contributed by atoms with Crippen molar-refractivity contribution >= 4 is 38.3 Å². The molecule has 0 aliphatic carbocycles. The van der Waals surface area contributed by atoms with Gasteiger partial charge in [-0.3, -0.25) is 4.79 Å². The maximum absolute atomic E-state index is 12.8. The molecule has 0 radical (unpaired) electrons. The molecule has 0 aliphatic heterocycles. The summed E-state index contributed by atoms with van der Waals surface area (Å²) >= 11 is 4.68. The quantitative estimate of drug-likeness (QED) is 0.443. The molecule has 0 saturated heterocycles. The molecule has 0 amide bonds. The fraction of sp³-hybridized carbons (Fsp3) is 0.150. The third-order valence-corrected chi connectivity index (χ3v) is 5.76. The van der Waals surface area contributed by atoms with Gasteiger partial charge < -0.3 is 14.2 Å². The Labute approximate surface area is 178 Å². The Morgan fingerprint density at radius 2 is 1.69 bits per heavy atom. The molecular weight excluding hydrogens is 458 g/mol. The van der Waals surface area contributed by atoms with Crippen molar-refractivity contribution in [3.63, 3.8) is 0 Å². The molecule has 2 aromatic heterocycles. The summed E-state index contributed by atoms with van der Waals surface area (Å²) in [7, 11) is 4.64. The minimum Gasteiger partial charge on any atom is -0.493 e. The van der Waals surface area contributed by atoms with Crippen LogP contribution < -0.4 is 24.3 Å². The van der Waals surface area contributed by atoms with Gasteiger partial charge in [0, 0.05) is 10.0 Å². The summed E-state index contributed by atoms with van der Waals surface area (Å²) < 4.78 is 18.9. The number of benzene rings is 2. The van der Waals surface area contributed by atoms with Crippen LogP contribution >= 0.6 is 27.3 Å². The van der Waals surface area contributed by atoms with E-state index in [2.05, 4.69) is 26.0 Å². The van der Waals surface area contributed by atoms with Gasteiger partial charge in [-0.1, -0.05) is 39.4 Å². The first-order chi connectivity index (χ1) is 14.0. The smallest absolute Gasteiger partial charge is 0.291 e. The van der Waals surface area contributed by atoms with E-state index in [1.54, 1.807) is 39.5 Å². The molecule has 0 fully saturated rings. The molecule has 7 nitrogen and oxygen atoms in total. The summed E-state index contributed by atoms with van der Waals surface area (Å²) in [6.07, 6.45) is 1.76. The summed E-state index contributed by atoms with van der Waals surface area (Å²) in [6, 6.07) is 11.2. The first kappa shape index (κ1) is 19.4. The van der Waals surface area contributed by atoms with Gasteiger partial charge in [0.2, 0.25) is 10.7 Å². The number of rotatable bonds is 5. The van der Waals surface area contributed by atoms with Gasteiger partial charge in [-0.2, -0.15) is 9.50 Å². The van der Waals surface area contributed by atoms with Crippen LogP contribution in [0.5, 0.6) is 17.2 Å². The lowest BCUT2D eigenvalue weighted by Gasteiger charge is -2.12. The van der Waals surface area contributed by atoms with Crippen LogP contribution in [-0.4, -0.2) is 35.9 Å². The molecule has 0 bridgehead atoms. The van der Waals surface area contributed by atoms with Crippen LogP contribution in [0.25, 0.3) is 22.4 Å². The van der Waals surface area contributed by atoms with Crippen LogP contribution in [0.2, 0.25) is 0 Å². The molecule has 0 unspecified atom stereocenters. The predicted molar refractivity (Wildman–Crippen MR) is 115 cm³/mol. The summed E-state index contributed by atoms with van der Waals surface area (Å²) in [5.74, 6) is 2.04. The molecule has 148 valence electrons. The van der Waals surface area contributed by atoms with Gasteiger partial charge in [0.05, 0.1) is 25.9 Å². The van der Waals surface area contributed by atoms with Crippen LogP contribution in [0, 0.1) is 0 Å². The lowest BCUT2D eigenvalue weighted by atomic mass is 10.1. The average molecular weight is 474 g/mol. The molecule has 0 atom stereocenters. The van der Waals surface area contributed by atoms with Crippen LogP contribution in [0.15, 0.2) is 45.7 Å². The van der Waals surface area contributed by atoms with Crippen molar-refractivity contribution in [2.24, 2.45) is 0 Å². The Morgan fingerprint density at radius 1 is 1.03 bits per heavy atom. The van der Waals surface area contributed by atoms with Crippen LogP contribution in [0.4, 0.5) is 0 Å². The summed E-state index contributed by atoms with van der Waals surface area (Å²) in [5, 5.41) is 4.37. The molecule has 4 rings (SSSR count). The van der Waals surface area contributed by atoms with E-state index >= 15 is 0 Å². The van der Waals surface area contributed by atoms with Gasteiger partial charge in [0.15, 0.2) is 17.3 Å². The summed E-state index contributed by atoms with van der Waals surface area (Å²) in [6.45, 7) is 0. The fourth-order valence-corrected chi connectivity index (χ4v) is 4.06. The standard InChI is InChI=1S/C20H16BrN3O4S/c1-26-14-8-11(9-15(27-2)17(14)28-3)10-16-19(25)24-20(29-16)22-18(23-24)12-4-6-13(21)7-5-12/h4-10H,1-3H3/b16-10-. The van der Waals surface area contributed by atoms with E-state index in [-0.39, 0.29) is 5.56 Å². The number of hydrogen-bond donors (Lipinski definition) is 0. The third-order valence-electron chi connectivity index (χ3n) is 4.27. The van der Waals surface area contributed by atoms with Crippen LogP contribution in [0.1, 0.15) is 5.56 Å². The van der Waals surface area contributed by atoms with Crippen LogP contribution in [-0.2, 0) is 0 Å². The highest BCUT2D eigenvalue weighted by Gasteiger charge is 2.14. The highest BCUT2D eigenvalue weighted by molar-refractivity contribution is 9.10. The van der Waals surface area contributed by atoms with E-state index in [1.807, 2.05) is 24.3 Å². The number of halogens is 1. The predicted octanol–water partition coefficient (Wildman–Crippen LogP) is 3.15. The van der Waals surface area contributed by atoms with Gasteiger partial charge in [-0.15, -0.1) is 5.10 Å². The number of nitrogens with zero attached hydrogens (tertiary/aromatic N) is 3. The second-order valence-corrected chi connectivity index (χ2v) is 7.94. The fourth-order valence-electron chi connectivity index (χ4n) is 2.89. The third kappa shape index (κ3) is 3.58. The van der Waals surface area contributed by atoms with E-state index in [1.165, 1.54) is 15.9 Å². The van der Waals surface area contributed by atoms with Crippen molar-refractivity contribution in [2.75, 3.05) is 21.3 Å². The second kappa shape index (κ2) is 7.84. The summed E-state index contributed by atoms with van der Waals surface area (Å²) in [4.78, 5) is 17.8. The molecule has 0 N–H and O–H groups in total. The zero-order chi connectivity index (χ0) is 20.5. The Kier molecular flexibility index (Phi) is 5.25. The number of ether oxygens (including phenoxy) is 3. The topological polar surface area (TPSA) is 75.0 Å². The van der Waals surface area contributed by atoms with Crippen LogP contribution in [0.3, 0.4) is 0 Å². The molecular formula is C20H16BrN3O4S. The molecule has 4 aromatic rings. The summed E-state index contributed by atoms with van der Waals surface area (Å²) in [5.41, 5.74) is 1.36. The van der Waals surface area contributed by atoms with E-state index in [0.717, 1.165) is 15.6 Å². The molecule has 0 spiro atoms. The molecule has 0 aliphatic rings. The van der Waals surface area contributed by atoms with E-state index in [9.17, 15) is 4.79 Å². The van der Waals surface area contributed by atoms with Gasteiger partial charge in [0.25, 0.3) is 5.56 Å². The van der Waals surface area contributed by atoms with E-state index in [0.29, 0.717) is 32.6 Å². The number of methoxy groups -OCH3 is 3. The zero-order valence-electron chi connectivity index (χ0n) is 15.8. The second-order valence-electron chi connectivity index (χ2n) is 6.01. The van der Waals surface area contributed by atoms with E-state index < -0.39 is 0 Å². The average Bonchev–Trinajstić information content (AvgIpc) is 3.27. The first-order valence-electron chi connectivity index (χ1n) is 8.51. The molecule has 2 heterocycles. The van der Waals surface area contributed by atoms with Gasteiger partial charge >= 0.3 is 0 Å². The number of fused-ring (bicyclic) bond motifs is 1. The normalized spacial score (nSPS) is 11.8. The highest BCUT2D eigenvalue weighted by atomic mass is 79.9. The minimum atomic E-state index is -0.227. The molecule has 0 saturated carbocycles. The van der Waals surface area contributed by atoms with Crippen molar-refractivity contribution in [1.82, 2.24) is 14.6 Å². The Morgan fingerprint density at radius 3 is 2.24 bits per heavy atom. The Bertz CT molecular complexity index is 1270. The van der Waals surface area contributed by atoms with Gasteiger partial charge in [0.1, 0.15) is 0 Å². The zero-order valence-corrected chi connectivity index (χ0v) is 18.2. The van der Waals surface area contributed by atoms with Crippen molar-refractivity contribution in [3.8, 4) is 28.6 Å². The molecule has 2 aromatic carbocycles. The number of hydrogen-bond acceptors (Lipinski definition) is 7. The van der Waals surface area contributed by atoms with Crippen molar-refractivity contribution in [2.45, 2.75) is 0 Å². The number of aromatic nitrogens is 3. The molecule has 29 heavy (non-hydrogen) atoms. The lowest BCUT2D eigenvalue weighted by molar-refractivity contribution is 0.324. The maximum Gasteiger partial charge on any atom is 0.291 e. The van der Waals surface area contributed by atoms with E-state index in [4.69, 9.17) is 14.2 Å². The molecule has 9 heteroatoms. The highest BCUT2D eigenvalue weighted by Crippen LogP contribution is 2.38. The van der Waals surface area contributed by atoms with Gasteiger partial charge in [-0.05, 0) is 35.9 Å². The van der Waals surface area contributed by atoms with Crippen molar-refractivity contribution in [3.05, 3.63) is 61.3 Å². The first-order valence-corrected chi connectivity index (χ1v) is 10.1. The van der Waals surface area contributed by atoms with Crippen molar-refractivity contribution in [1.29, 1.82) is 0 Å². The van der Waals surface area contributed by atoms with Crippen molar-refractivity contribution < 1.29 is 14.2 Å². The maximum atomic E-state index is 12.8. The largest absolute Gasteiger partial charge is 0.493 e. The SMILES string of the molecule is COc1cc(/C=c2\sc3nc(-c4ccc(Br)cc4)nn3c2=O)cc(OC)c1OC. The van der Waals surface area contributed by atoms with Gasteiger partial charge in [-0.25, -0.2) is 0 Å². The minimum absolute atomic E-state index is 0.227. The monoisotopic (exact) mass is 473 g/mol. The Hall–Kier alpha value is -2.91. The lowest BCUT2D eigenvalue weighted by Crippen LogP contribution is -2.23.